The van der Waals surface area contributed by atoms with Crippen molar-refractivity contribution < 1.29 is 19.4 Å². The average molecular weight is 499 g/mol. The molecule has 1 aliphatic rings. The van der Waals surface area contributed by atoms with Gasteiger partial charge in [0.1, 0.15) is 11.5 Å². The Balaban J connectivity index is 1.70. The van der Waals surface area contributed by atoms with Crippen molar-refractivity contribution in [2.75, 3.05) is 12.0 Å². The molecular weight excluding hydrogens is 472 g/mol. The number of amides is 1. The molecule has 3 aromatic carbocycles. The van der Waals surface area contributed by atoms with Crippen LogP contribution in [0.5, 0.6) is 5.75 Å². The summed E-state index contributed by atoms with van der Waals surface area (Å²) in [6.45, 7) is 6.16. The second-order valence-electron chi connectivity index (χ2n) is 9.19. The predicted molar refractivity (Wildman–Crippen MR) is 143 cm³/mol. The molecule has 7 heteroatoms. The Morgan fingerprint density at radius 2 is 1.72 bits per heavy atom. The number of carbonyl (C=O) groups excluding carboxylic acids is 2. The SMILES string of the molecule is COc1ccc2nc(N3C(=O)C(=O)C(=C(O)c4ccc(C)cc4)[C@H]3c3ccc(C(C)C)cc3)sc2c1. The molecule has 0 aliphatic carbocycles. The first-order chi connectivity index (χ1) is 17.3. The van der Waals surface area contributed by atoms with Gasteiger partial charge < -0.3 is 9.84 Å². The Labute approximate surface area is 213 Å². The lowest BCUT2D eigenvalue weighted by molar-refractivity contribution is -0.132. The summed E-state index contributed by atoms with van der Waals surface area (Å²) in [7, 11) is 1.59. The molecule has 0 unspecified atom stereocenters. The zero-order chi connectivity index (χ0) is 25.6. The van der Waals surface area contributed by atoms with E-state index >= 15 is 0 Å². The van der Waals surface area contributed by atoms with Crippen LogP contribution in [0.15, 0.2) is 72.3 Å². The molecule has 182 valence electrons. The fourth-order valence-corrected chi connectivity index (χ4v) is 5.42. The number of anilines is 1. The molecule has 1 amide bonds. The van der Waals surface area contributed by atoms with Gasteiger partial charge in [0, 0.05) is 5.56 Å². The highest BCUT2D eigenvalue weighted by atomic mass is 32.1. The average Bonchev–Trinajstić information content (AvgIpc) is 3.41. The van der Waals surface area contributed by atoms with Crippen molar-refractivity contribution in [3.63, 3.8) is 0 Å². The maximum absolute atomic E-state index is 13.4. The Hall–Kier alpha value is -3.97. The van der Waals surface area contributed by atoms with E-state index in [1.165, 1.54) is 16.2 Å². The number of hydrogen-bond acceptors (Lipinski definition) is 6. The second-order valence-corrected chi connectivity index (χ2v) is 10.2. The summed E-state index contributed by atoms with van der Waals surface area (Å²) in [5.74, 6) is -0.635. The number of ether oxygens (including phenoxy) is 1. The molecule has 0 saturated carbocycles. The summed E-state index contributed by atoms with van der Waals surface area (Å²) >= 11 is 1.31. The number of aryl methyl sites for hydroxylation is 1. The number of hydrogen-bond donors (Lipinski definition) is 1. The highest BCUT2D eigenvalue weighted by Crippen LogP contribution is 2.44. The summed E-state index contributed by atoms with van der Waals surface area (Å²) in [6, 6.07) is 19.7. The van der Waals surface area contributed by atoms with Gasteiger partial charge in [-0.3, -0.25) is 14.5 Å². The van der Waals surface area contributed by atoms with Gasteiger partial charge in [0.2, 0.25) is 0 Å². The molecule has 0 spiro atoms. The number of aliphatic hydroxyl groups is 1. The maximum atomic E-state index is 13.4. The second kappa shape index (κ2) is 9.24. The van der Waals surface area contributed by atoms with E-state index in [1.807, 2.05) is 55.5 Å². The van der Waals surface area contributed by atoms with Gasteiger partial charge >= 0.3 is 5.91 Å². The maximum Gasteiger partial charge on any atom is 0.301 e. The fourth-order valence-electron chi connectivity index (χ4n) is 4.40. The monoisotopic (exact) mass is 498 g/mol. The highest BCUT2D eigenvalue weighted by molar-refractivity contribution is 7.22. The van der Waals surface area contributed by atoms with Gasteiger partial charge in [-0.2, -0.15) is 0 Å². The first-order valence-corrected chi connectivity index (χ1v) is 12.5. The van der Waals surface area contributed by atoms with E-state index in [9.17, 15) is 14.7 Å². The number of carbonyl (C=O) groups is 2. The molecule has 1 aromatic heterocycles. The number of rotatable bonds is 5. The van der Waals surface area contributed by atoms with E-state index in [0.29, 0.717) is 27.9 Å². The van der Waals surface area contributed by atoms with Crippen molar-refractivity contribution in [3.8, 4) is 5.75 Å². The summed E-state index contributed by atoms with van der Waals surface area (Å²) in [6.07, 6.45) is 0. The molecule has 1 atom stereocenters. The van der Waals surface area contributed by atoms with Crippen molar-refractivity contribution in [1.82, 2.24) is 4.98 Å². The minimum absolute atomic E-state index is 0.0537. The smallest absolute Gasteiger partial charge is 0.301 e. The van der Waals surface area contributed by atoms with E-state index in [2.05, 4.69) is 18.8 Å². The molecular formula is C29H26N2O4S. The van der Waals surface area contributed by atoms with Crippen LogP contribution in [0.4, 0.5) is 5.13 Å². The first kappa shape index (κ1) is 23.8. The first-order valence-electron chi connectivity index (χ1n) is 11.7. The summed E-state index contributed by atoms with van der Waals surface area (Å²) in [5.41, 5.74) is 4.13. The molecule has 0 bridgehead atoms. The van der Waals surface area contributed by atoms with E-state index < -0.39 is 17.7 Å². The standard InChI is InChI=1S/C29H26N2O4S/c1-16(2)18-9-11-19(12-10-18)25-24(26(32)20-7-5-17(3)6-8-20)27(33)28(34)31(25)29-30-22-14-13-21(35-4)15-23(22)36-29/h5-16,25,32H,1-4H3/t25-/m1/s1. The van der Waals surface area contributed by atoms with Gasteiger partial charge in [-0.25, -0.2) is 4.98 Å². The van der Waals surface area contributed by atoms with Crippen molar-refractivity contribution in [2.45, 2.75) is 32.7 Å². The minimum atomic E-state index is -0.810. The van der Waals surface area contributed by atoms with E-state index in [1.54, 1.807) is 25.3 Å². The molecule has 1 aliphatic heterocycles. The number of fused-ring (bicyclic) bond motifs is 1. The van der Waals surface area contributed by atoms with Crippen LogP contribution in [-0.2, 0) is 9.59 Å². The van der Waals surface area contributed by atoms with Crippen LogP contribution in [0.1, 0.15) is 48.1 Å². The largest absolute Gasteiger partial charge is 0.507 e. The number of thiazole rings is 1. The third kappa shape index (κ3) is 4.05. The predicted octanol–water partition coefficient (Wildman–Crippen LogP) is 6.36. The van der Waals surface area contributed by atoms with E-state index in [4.69, 9.17) is 4.74 Å². The fraction of sp³-hybridized carbons (Fsp3) is 0.207. The number of benzene rings is 3. The normalized spacial score (nSPS) is 17.4. The van der Waals surface area contributed by atoms with Gasteiger partial charge in [-0.1, -0.05) is 79.3 Å². The van der Waals surface area contributed by atoms with Crippen LogP contribution in [0, 0.1) is 6.92 Å². The van der Waals surface area contributed by atoms with Gasteiger partial charge in [0.05, 0.1) is 28.9 Å². The van der Waals surface area contributed by atoms with Crippen LogP contribution in [0.25, 0.3) is 16.0 Å². The van der Waals surface area contributed by atoms with Crippen LogP contribution >= 0.6 is 11.3 Å². The zero-order valence-corrected chi connectivity index (χ0v) is 21.3. The minimum Gasteiger partial charge on any atom is -0.507 e. The molecule has 2 heterocycles. The summed E-state index contributed by atoms with van der Waals surface area (Å²) in [4.78, 5) is 32.9. The molecule has 4 aromatic rings. The molecule has 1 fully saturated rings. The Morgan fingerprint density at radius 3 is 2.36 bits per heavy atom. The van der Waals surface area contributed by atoms with Gasteiger partial charge in [-0.05, 0) is 42.2 Å². The molecule has 5 rings (SSSR count). The highest BCUT2D eigenvalue weighted by Gasteiger charge is 2.48. The van der Waals surface area contributed by atoms with Crippen molar-refractivity contribution in [1.29, 1.82) is 0 Å². The van der Waals surface area contributed by atoms with Crippen LogP contribution in [-0.4, -0.2) is 28.9 Å². The quantitative estimate of drug-likeness (QED) is 0.197. The zero-order valence-electron chi connectivity index (χ0n) is 20.5. The molecule has 6 nitrogen and oxygen atoms in total. The molecule has 36 heavy (non-hydrogen) atoms. The lowest BCUT2D eigenvalue weighted by Gasteiger charge is -2.23. The number of ketones is 1. The van der Waals surface area contributed by atoms with Crippen LogP contribution in [0.2, 0.25) is 0 Å². The van der Waals surface area contributed by atoms with Crippen LogP contribution in [0.3, 0.4) is 0 Å². The van der Waals surface area contributed by atoms with Crippen molar-refractivity contribution >= 4 is 44.1 Å². The topological polar surface area (TPSA) is 79.7 Å². The van der Waals surface area contributed by atoms with E-state index in [0.717, 1.165) is 21.4 Å². The van der Waals surface area contributed by atoms with Crippen LogP contribution < -0.4 is 9.64 Å². The van der Waals surface area contributed by atoms with Gasteiger partial charge in [-0.15, -0.1) is 0 Å². The van der Waals surface area contributed by atoms with E-state index in [-0.39, 0.29) is 11.3 Å². The van der Waals surface area contributed by atoms with Crippen molar-refractivity contribution in [3.05, 3.63) is 94.6 Å². The Kier molecular flexibility index (Phi) is 6.10. The summed E-state index contributed by atoms with van der Waals surface area (Å²) < 4.78 is 6.16. The number of aliphatic hydroxyl groups excluding tert-OH is 1. The number of aromatic nitrogens is 1. The lowest BCUT2D eigenvalue weighted by Crippen LogP contribution is -2.29. The lowest BCUT2D eigenvalue weighted by atomic mass is 9.93. The molecule has 1 saturated heterocycles. The molecule has 1 N–H and O–H groups in total. The number of nitrogens with zero attached hydrogens (tertiary/aromatic N) is 2. The third-order valence-corrected chi connectivity index (χ3v) is 7.50. The Morgan fingerprint density at radius 1 is 1.03 bits per heavy atom. The van der Waals surface area contributed by atoms with Crippen molar-refractivity contribution in [2.24, 2.45) is 0 Å². The van der Waals surface area contributed by atoms with Gasteiger partial charge in [0.15, 0.2) is 5.13 Å². The number of methoxy groups -OCH3 is 1. The van der Waals surface area contributed by atoms with Gasteiger partial charge in [0.25, 0.3) is 5.78 Å². The number of Topliss-reactive ketones (excluding diaryl/α,β-unsaturated/α-hetero) is 1. The Bertz CT molecular complexity index is 1500. The third-order valence-electron chi connectivity index (χ3n) is 6.48. The molecule has 0 radical (unpaired) electrons. The summed E-state index contributed by atoms with van der Waals surface area (Å²) in [5, 5.41) is 11.7.